The van der Waals surface area contributed by atoms with Gasteiger partial charge in [-0.15, -0.1) is 0 Å². The third kappa shape index (κ3) is 7.90. The molecule has 0 bridgehead atoms. The molecule has 3 amide bonds. The molecule has 1 atom stereocenters. The highest BCUT2D eigenvalue weighted by atomic mass is 35.5. The molecule has 228 valence electrons. The number of piperidine rings is 1. The molecule has 16 heteroatoms. The molecule has 1 saturated heterocycles. The lowest BCUT2D eigenvalue weighted by Crippen LogP contribution is -2.57. The number of anilines is 1. The molecule has 4 rings (SSSR count). The number of amides is 3. The van der Waals surface area contributed by atoms with Crippen molar-refractivity contribution in [3.63, 3.8) is 0 Å². The van der Waals surface area contributed by atoms with Crippen LogP contribution in [0.25, 0.3) is 0 Å². The van der Waals surface area contributed by atoms with E-state index in [1.807, 2.05) is 18.2 Å². The highest BCUT2D eigenvalue weighted by Crippen LogP contribution is 2.34. The number of halogens is 2. The van der Waals surface area contributed by atoms with Gasteiger partial charge in [-0.3, -0.25) is 4.79 Å². The van der Waals surface area contributed by atoms with Crippen molar-refractivity contribution in [1.82, 2.24) is 24.9 Å². The van der Waals surface area contributed by atoms with E-state index in [0.717, 1.165) is 11.8 Å². The van der Waals surface area contributed by atoms with Crippen LogP contribution in [0.5, 0.6) is 0 Å². The second-order valence-corrected chi connectivity index (χ2v) is 12.5. The van der Waals surface area contributed by atoms with Crippen LogP contribution in [0.3, 0.4) is 0 Å². The van der Waals surface area contributed by atoms with Gasteiger partial charge in [-0.25, -0.2) is 27.5 Å². The third-order valence-electron chi connectivity index (χ3n) is 6.94. The minimum atomic E-state index is -3.59. The first-order valence-corrected chi connectivity index (χ1v) is 15.6. The number of carbonyl (C=O) groups excluding carboxylic acids is 2. The van der Waals surface area contributed by atoms with Crippen LogP contribution in [0.4, 0.5) is 10.6 Å². The molecule has 1 aromatic heterocycles. The zero-order chi connectivity index (χ0) is 31.4. The predicted molar refractivity (Wildman–Crippen MR) is 160 cm³/mol. The Morgan fingerprint density at radius 2 is 1.70 bits per heavy atom. The Kier molecular flexibility index (Phi) is 9.75. The number of H-pyrrole nitrogens is 1. The summed E-state index contributed by atoms with van der Waals surface area (Å²) in [5.41, 5.74) is -0.941. The van der Waals surface area contributed by atoms with Gasteiger partial charge in [0.25, 0.3) is 5.91 Å². The SMILES string of the molecule is CS(=O)(=O)NC1(c2ccccc2)CCN(C(=O)NC(Cc2c[nH]c(=O)nc2NC(=O)c2c(Cl)cccc2Cl)C(=O)O)CC1. The first kappa shape index (κ1) is 31.9. The van der Waals surface area contributed by atoms with Crippen LogP contribution in [-0.2, 0) is 26.8 Å². The van der Waals surface area contributed by atoms with Crippen molar-refractivity contribution in [2.24, 2.45) is 0 Å². The molecular weight excluding hydrogens is 623 g/mol. The number of carbonyl (C=O) groups is 3. The topological polar surface area (TPSA) is 191 Å². The van der Waals surface area contributed by atoms with E-state index >= 15 is 0 Å². The average Bonchev–Trinajstić information content (AvgIpc) is 2.93. The van der Waals surface area contributed by atoms with Gasteiger partial charge in [0.2, 0.25) is 10.0 Å². The molecule has 2 heterocycles. The number of hydrogen-bond donors (Lipinski definition) is 5. The number of rotatable bonds is 9. The summed E-state index contributed by atoms with van der Waals surface area (Å²) in [4.78, 5) is 57.6. The monoisotopic (exact) mass is 650 g/mol. The minimum absolute atomic E-state index is 0.0524. The number of carboxylic acids is 1. The van der Waals surface area contributed by atoms with Gasteiger partial charge >= 0.3 is 17.7 Å². The highest BCUT2D eigenvalue weighted by molar-refractivity contribution is 7.88. The molecule has 0 spiro atoms. The van der Waals surface area contributed by atoms with Gasteiger partial charge in [0, 0.05) is 31.3 Å². The Morgan fingerprint density at radius 1 is 1.07 bits per heavy atom. The fourth-order valence-corrected chi connectivity index (χ4v) is 6.49. The summed E-state index contributed by atoms with van der Waals surface area (Å²) < 4.78 is 27.1. The van der Waals surface area contributed by atoms with Crippen molar-refractivity contribution in [1.29, 1.82) is 0 Å². The van der Waals surface area contributed by atoms with E-state index < -0.39 is 45.2 Å². The van der Waals surface area contributed by atoms with Crippen molar-refractivity contribution < 1.29 is 27.9 Å². The molecule has 1 unspecified atom stereocenters. The third-order valence-corrected chi connectivity index (χ3v) is 8.33. The standard InChI is InChI=1S/C27H28Cl2N6O7S/c1-43(41,42)34-27(17-6-3-2-4-7-17)10-12-35(13-11-27)26(40)31-20(24(37)38)14-16-15-30-25(39)33-22(16)32-23(36)21-18(28)8-5-9-19(21)29/h2-9,15,20,34H,10-14H2,1H3,(H,31,40)(H,37,38)(H2,30,32,33,36,39). The molecular formula is C27H28Cl2N6O7S. The zero-order valence-electron chi connectivity index (χ0n) is 22.8. The fourth-order valence-electron chi connectivity index (χ4n) is 4.89. The second-order valence-electron chi connectivity index (χ2n) is 9.98. The van der Waals surface area contributed by atoms with E-state index in [9.17, 15) is 32.7 Å². The van der Waals surface area contributed by atoms with Gasteiger partial charge < -0.3 is 25.6 Å². The molecule has 0 saturated carbocycles. The molecule has 43 heavy (non-hydrogen) atoms. The lowest BCUT2D eigenvalue weighted by Gasteiger charge is -2.42. The van der Waals surface area contributed by atoms with E-state index in [-0.39, 0.29) is 59.3 Å². The number of aromatic amines is 1. The number of carboxylic acid groups (broad SMARTS) is 1. The van der Waals surface area contributed by atoms with Crippen molar-refractivity contribution in [2.75, 3.05) is 24.7 Å². The van der Waals surface area contributed by atoms with Crippen LogP contribution in [0, 0.1) is 0 Å². The summed E-state index contributed by atoms with van der Waals surface area (Å²) in [5, 5.41) is 14.9. The Bertz CT molecular complexity index is 1670. The van der Waals surface area contributed by atoms with Crippen LogP contribution < -0.4 is 21.0 Å². The van der Waals surface area contributed by atoms with E-state index in [4.69, 9.17) is 23.2 Å². The van der Waals surface area contributed by atoms with Crippen LogP contribution >= 0.6 is 23.2 Å². The second kappa shape index (κ2) is 13.1. The number of aromatic nitrogens is 2. The fraction of sp³-hybridized carbons (Fsp3) is 0.296. The maximum absolute atomic E-state index is 13.2. The summed E-state index contributed by atoms with van der Waals surface area (Å²) in [7, 11) is -3.59. The molecule has 3 aromatic rings. The lowest BCUT2D eigenvalue weighted by molar-refractivity contribution is -0.139. The molecule has 1 fully saturated rings. The van der Waals surface area contributed by atoms with Gasteiger partial charge in [-0.2, -0.15) is 4.98 Å². The van der Waals surface area contributed by atoms with E-state index in [1.54, 1.807) is 18.2 Å². The maximum atomic E-state index is 13.2. The van der Waals surface area contributed by atoms with Gasteiger partial charge in [0.05, 0.1) is 27.4 Å². The van der Waals surface area contributed by atoms with Gasteiger partial charge in [-0.05, 0) is 30.5 Å². The Hall–Kier alpha value is -3.98. The number of urea groups is 1. The largest absolute Gasteiger partial charge is 0.480 e. The Balaban J connectivity index is 1.49. The number of nitrogens with one attached hydrogen (secondary N) is 4. The van der Waals surface area contributed by atoms with Crippen molar-refractivity contribution in [2.45, 2.75) is 30.8 Å². The Morgan fingerprint density at radius 3 is 2.28 bits per heavy atom. The van der Waals surface area contributed by atoms with E-state index in [1.165, 1.54) is 23.2 Å². The summed E-state index contributed by atoms with van der Waals surface area (Å²) >= 11 is 12.2. The van der Waals surface area contributed by atoms with Crippen LogP contribution in [0.2, 0.25) is 10.0 Å². The number of hydrogen-bond acceptors (Lipinski definition) is 7. The summed E-state index contributed by atoms with van der Waals surface area (Å²) in [6.45, 7) is 0.269. The first-order valence-electron chi connectivity index (χ1n) is 12.9. The molecule has 0 aliphatic carbocycles. The number of nitrogens with zero attached hydrogens (tertiary/aromatic N) is 2. The van der Waals surface area contributed by atoms with Crippen LogP contribution in [0.1, 0.15) is 34.3 Å². The van der Waals surface area contributed by atoms with E-state index in [0.29, 0.717) is 0 Å². The molecule has 0 radical (unpaired) electrons. The van der Waals surface area contributed by atoms with Crippen LogP contribution in [-0.4, -0.2) is 71.7 Å². The molecule has 2 aromatic carbocycles. The van der Waals surface area contributed by atoms with Crippen molar-refractivity contribution in [3.05, 3.63) is 91.9 Å². The van der Waals surface area contributed by atoms with E-state index in [2.05, 4.69) is 25.3 Å². The van der Waals surface area contributed by atoms with Crippen molar-refractivity contribution in [3.8, 4) is 0 Å². The molecule has 1 aliphatic heterocycles. The minimum Gasteiger partial charge on any atom is -0.480 e. The average molecular weight is 652 g/mol. The normalized spacial score (nSPS) is 15.4. The summed E-state index contributed by atoms with van der Waals surface area (Å²) in [6, 6.07) is 11.3. The quantitative estimate of drug-likeness (QED) is 0.233. The van der Waals surface area contributed by atoms with Gasteiger partial charge in [0.1, 0.15) is 11.9 Å². The smallest absolute Gasteiger partial charge is 0.346 e. The number of sulfonamides is 1. The number of likely N-dealkylation sites (tertiary alicyclic amines) is 1. The number of aliphatic carboxylic acids is 1. The molecule has 5 N–H and O–H groups in total. The summed E-state index contributed by atoms with van der Waals surface area (Å²) in [6.07, 6.45) is 2.40. The van der Waals surface area contributed by atoms with Crippen LogP contribution in [0.15, 0.2) is 59.5 Å². The number of benzene rings is 2. The molecule has 13 nitrogen and oxygen atoms in total. The van der Waals surface area contributed by atoms with Crippen molar-refractivity contribution >= 4 is 57.0 Å². The van der Waals surface area contributed by atoms with Gasteiger partial charge in [-0.1, -0.05) is 59.6 Å². The first-order chi connectivity index (χ1) is 20.3. The maximum Gasteiger partial charge on any atom is 0.346 e. The predicted octanol–water partition coefficient (Wildman–Crippen LogP) is 2.57. The lowest BCUT2D eigenvalue weighted by atomic mass is 9.82. The molecule has 1 aliphatic rings. The summed E-state index contributed by atoms with van der Waals surface area (Å²) in [5.74, 6) is -2.38. The van der Waals surface area contributed by atoms with Gasteiger partial charge in [0.15, 0.2) is 0 Å². The zero-order valence-corrected chi connectivity index (χ0v) is 25.1. The Labute approximate surface area is 256 Å². The highest BCUT2D eigenvalue weighted by Gasteiger charge is 2.40.